The first-order chi connectivity index (χ1) is 14.7. The first-order valence-electron chi connectivity index (χ1n) is 9.42. The van der Waals surface area contributed by atoms with Gasteiger partial charge in [0.25, 0.3) is 0 Å². The van der Waals surface area contributed by atoms with E-state index in [4.69, 9.17) is 21.1 Å². The van der Waals surface area contributed by atoms with E-state index in [9.17, 15) is 19.2 Å². The van der Waals surface area contributed by atoms with E-state index >= 15 is 0 Å². The molecule has 1 atom stereocenters. The molecule has 0 aliphatic carbocycles. The van der Waals surface area contributed by atoms with Crippen LogP contribution in [0.4, 0.5) is 11.4 Å². The molecule has 1 aliphatic heterocycles. The minimum Gasteiger partial charge on any atom is -0.465 e. The van der Waals surface area contributed by atoms with Crippen molar-refractivity contribution in [2.75, 3.05) is 31.0 Å². The van der Waals surface area contributed by atoms with Gasteiger partial charge < -0.3 is 19.7 Å². The molecule has 0 bridgehead atoms. The molecule has 0 aromatic heterocycles. The summed E-state index contributed by atoms with van der Waals surface area (Å²) in [5.74, 6) is -2.55. The number of aryl methyl sites for hydroxylation is 1. The van der Waals surface area contributed by atoms with E-state index in [0.29, 0.717) is 10.7 Å². The average Bonchev–Trinajstić information content (AvgIpc) is 3.16. The van der Waals surface area contributed by atoms with Crippen LogP contribution in [0.25, 0.3) is 0 Å². The summed E-state index contributed by atoms with van der Waals surface area (Å²) in [4.78, 5) is 50.6. The van der Waals surface area contributed by atoms with Gasteiger partial charge >= 0.3 is 11.9 Å². The van der Waals surface area contributed by atoms with E-state index in [1.165, 1.54) is 37.3 Å². The van der Waals surface area contributed by atoms with Gasteiger partial charge in [-0.05, 0) is 42.8 Å². The quantitative estimate of drug-likeness (QED) is 0.710. The summed E-state index contributed by atoms with van der Waals surface area (Å²) in [6, 6.07) is 9.38. The Morgan fingerprint density at radius 3 is 2.19 bits per heavy atom. The Labute approximate surface area is 184 Å². The lowest BCUT2D eigenvalue weighted by Crippen LogP contribution is -2.28. The number of rotatable bonds is 5. The zero-order valence-electron chi connectivity index (χ0n) is 17.2. The summed E-state index contributed by atoms with van der Waals surface area (Å²) in [5.41, 5.74) is 1.89. The first kappa shape index (κ1) is 22.3. The minimum absolute atomic E-state index is 0.0257. The van der Waals surface area contributed by atoms with Crippen molar-refractivity contribution in [1.29, 1.82) is 0 Å². The molecular formula is C22H21ClN2O6. The predicted octanol–water partition coefficient (Wildman–Crippen LogP) is 3.21. The lowest BCUT2D eigenvalue weighted by atomic mass is 10.1. The molecule has 0 saturated carbocycles. The van der Waals surface area contributed by atoms with Gasteiger partial charge in [0.1, 0.15) is 0 Å². The number of carbonyl (C=O) groups excluding carboxylic acids is 4. The van der Waals surface area contributed by atoms with Gasteiger partial charge in [0, 0.05) is 29.4 Å². The van der Waals surface area contributed by atoms with Crippen LogP contribution in [-0.4, -0.2) is 44.5 Å². The molecule has 0 spiro atoms. The van der Waals surface area contributed by atoms with Crippen LogP contribution < -0.4 is 10.2 Å². The number of methoxy groups -OCH3 is 2. The van der Waals surface area contributed by atoms with Crippen LogP contribution in [0, 0.1) is 12.8 Å². The molecule has 1 heterocycles. The minimum atomic E-state index is -0.667. The van der Waals surface area contributed by atoms with Crippen LogP contribution in [0.1, 0.15) is 32.7 Å². The maximum absolute atomic E-state index is 12.8. The van der Waals surface area contributed by atoms with Crippen LogP contribution in [0.2, 0.25) is 5.02 Å². The molecule has 1 aliphatic rings. The van der Waals surface area contributed by atoms with E-state index in [0.717, 1.165) is 5.56 Å². The Bertz CT molecular complexity index is 1030. The number of anilines is 2. The van der Waals surface area contributed by atoms with Crippen LogP contribution in [0.3, 0.4) is 0 Å². The third kappa shape index (κ3) is 4.86. The van der Waals surface area contributed by atoms with Crippen molar-refractivity contribution in [2.24, 2.45) is 5.92 Å². The van der Waals surface area contributed by atoms with Crippen LogP contribution in [0.15, 0.2) is 36.4 Å². The fourth-order valence-corrected chi connectivity index (χ4v) is 3.47. The van der Waals surface area contributed by atoms with Gasteiger partial charge in [-0.25, -0.2) is 9.59 Å². The fraction of sp³-hybridized carbons (Fsp3) is 0.273. The normalized spacial score (nSPS) is 15.5. The molecule has 31 heavy (non-hydrogen) atoms. The second-order valence-corrected chi connectivity index (χ2v) is 7.52. The van der Waals surface area contributed by atoms with Crippen molar-refractivity contribution in [3.8, 4) is 0 Å². The number of nitrogens with one attached hydrogen (secondary N) is 1. The van der Waals surface area contributed by atoms with E-state index in [1.54, 1.807) is 12.1 Å². The lowest BCUT2D eigenvalue weighted by molar-refractivity contribution is -0.122. The summed E-state index contributed by atoms with van der Waals surface area (Å²) < 4.78 is 9.39. The van der Waals surface area contributed by atoms with Gasteiger partial charge in [0.15, 0.2) is 0 Å². The number of benzene rings is 2. The van der Waals surface area contributed by atoms with Gasteiger partial charge in [-0.1, -0.05) is 17.7 Å². The Balaban J connectivity index is 1.79. The maximum atomic E-state index is 12.8. The number of amides is 2. The van der Waals surface area contributed by atoms with Crippen molar-refractivity contribution in [2.45, 2.75) is 13.3 Å². The van der Waals surface area contributed by atoms with Gasteiger partial charge in [0.2, 0.25) is 11.8 Å². The van der Waals surface area contributed by atoms with Gasteiger partial charge in [-0.2, -0.15) is 0 Å². The number of nitrogens with zero attached hydrogens (tertiary/aromatic N) is 1. The smallest absolute Gasteiger partial charge is 0.337 e. The van der Waals surface area contributed by atoms with E-state index in [1.807, 2.05) is 13.0 Å². The summed E-state index contributed by atoms with van der Waals surface area (Å²) in [6.45, 7) is 2.05. The van der Waals surface area contributed by atoms with Crippen molar-refractivity contribution >= 4 is 46.7 Å². The van der Waals surface area contributed by atoms with Crippen LogP contribution in [-0.2, 0) is 19.1 Å². The third-order valence-electron chi connectivity index (χ3n) is 5.01. The summed E-state index contributed by atoms with van der Waals surface area (Å²) in [7, 11) is 2.42. The largest absolute Gasteiger partial charge is 0.465 e. The zero-order chi connectivity index (χ0) is 22.7. The Kier molecular flexibility index (Phi) is 6.60. The number of esters is 2. The maximum Gasteiger partial charge on any atom is 0.337 e. The Morgan fingerprint density at radius 1 is 1.03 bits per heavy atom. The summed E-state index contributed by atoms with van der Waals surface area (Å²) in [6.07, 6.45) is 0.0257. The molecule has 2 amide bonds. The monoisotopic (exact) mass is 444 g/mol. The Hall–Kier alpha value is -3.39. The molecule has 1 fully saturated rings. The second-order valence-electron chi connectivity index (χ2n) is 7.11. The number of carbonyl (C=O) groups is 4. The third-order valence-corrected chi connectivity index (χ3v) is 5.41. The summed E-state index contributed by atoms with van der Waals surface area (Å²) in [5, 5.41) is 3.21. The SMILES string of the molecule is COC(=O)c1cc(NC(=O)C2CC(=O)N(c3ccc(C)c(Cl)c3)C2)cc(C(=O)OC)c1. The molecule has 0 radical (unpaired) electrons. The van der Waals surface area contributed by atoms with Crippen molar-refractivity contribution < 1.29 is 28.7 Å². The standard InChI is InChI=1S/C22H21ClN2O6/c1-12-4-5-17(10-18(12)23)25-11-15(9-19(25)26)20(27)24-16-7-13(21(28)30-2)6-14(8-16)22(29)31-3/h4-8,10,15H,9,11H2,1-3H3,(H,24,27). The van der Waals surface area contributed by atoms with Crippen LogP contribution >= 0.6 is 11.6 Å². The number of halogens is 1. The molecule has 2 aromatic rings. The van der Waals surface area contributed by atoms with E-state index in [2.05, 4.69) is 5.32 Å². The molecule has 1 saturated heterocycles. The van der Waals surface area contributed by atoms with Crippen molar-refractivity contribution in [3.63, 3.8) is 0 Å². The second kappa shape index (κ2) is 9.18. The fourth-order valence-electron chi connectivity index (χ4n) is 3.30. The average molecular weight is 445 g/mol. The molecule has 3 rings (SSSR count). The highest BCUT2D eigenvalue weighted by atomic mass is 35.5. The molecular weight excluding hydrogens is 424 g/mol. The highest BCUT2D eigenvalue weighted by molar-refractivity contribution is 6.31. The molecule has 2 aromatic carbocycles. The van der Waals surface area contributed by atoms with Crippen molar-refractivity contribution in [3.05, 3.63) is 58.1 Å². The number of ether oxygens (including phenoxy) is 2. The highest BCUT2D eigenvalue weighted by Crippen LogP contribution is 2.29. The van der Waals surface area contributed by atoms with Crippen molar-refractivity contribution in [1.82, 2.24) is 0 Å². The van der Waals surface area contributed by atoms with Gasteiger partial charge in [0.05, 0.1) is 31.3 Å². The van der Waals surface area contributed by atoms with Gasteiger partial charge in [-0.15, -0.1) is 0 Å². The lowest BCUT2D eigenvalue weighted by Gasteiger charge is -2.17. The molecule has 162 valence electrons. The zero-order valence-corrected chi connectivity index (χ0v) is 18.0. The van der Waals surface area contributed by atoms with E-state index < -0.39 is 23.8 Å². The molecule has 1 unspecified atom stereocenters. The van der Waals surface area contributed by atoms with Gasteiger partial charge in [-0.3, -0.25) is 9.59 Å². The predicted molar refractivity (Wildman–Crippen MR) is 114 cm³/mol. The summed E-state index contributed by atoms with van der Waals surface area (Å²) >= 11 is 6.16. The highest BCUT2D eigenvalue weighted by Gasteiger charge is 2.35. The number of hydrogen-bond acceptors (Lipinski definition) is 6. The molecule has 8 nitrogen and oxygen atoms in total. The first-order valence-corrected chi connectivity index (χ1v) is 9.80. The topological polar surface area (TPSA) is 102 Å². The Morgan fingerprint density at radius 2 is 1.65 bits per heavy atom. The van der Waals surface area contributed by atoms with Crippen LogP contribution in [0.5, 0.6) is 0 Å². The molecule has 9 heteroatoms. The number of hydrogen-bond donors (Lipinski definition) is 1. The molecule has 1 N–H and O–H groups in total. The van der Waals surface area contributed by atoms with E-state index in [-0.39, 0.29) is 35.7 Å².